The first-order chi connectivity index (χ1) is 6.66. The maximum atomic E-state index is 11.0. The second kappa shape index (κ2) is 8.81. The molecule has 0 aromatic heterocycles. The summed E-state index contributed by atoms with van der Waals surface area (Å²) in [5.41, 5.74) is 4.96. The van der Waals surface area contributed by atoms with Crippen molar-refractivity contribution in [3.63, 3.8) is 0 Å². The third-order valence-corrected chi connectivity index (χ3v) is 1.98. The van der Waals surface area contributed by atoms with Crippen LogP contribution in [0.25, 0.3) is 0 Å². The predicted molar refractivity (Wildman–Crippen MR) is 56.0 cm³/mol. The Bertz CT molecular complexity index is 186. The van der Waals surface area contributed by atoms with Gasteiger partial charge in [0.05, 0.1) is 0 Å². The number of rotatable bonds is 8. The van der Waals surface area contributed by atoms with Crippen molar-refractivity contribution in [3.05, 3.63) is 0 Å². The molecule has 0 bridgehead atoms. The zero-order valence-corrected chi connectivity index (χ0v) is 8.98. The molecule has 0 fully saturated rings. The van der Waals surface area contributed by atoms with E-state index in [9.17, 15) is 9.59 Å². The predicted octanol–water partition coefficient (Wildman–Crippen LogP) is 0.777. The van der Waals surface area contributed by atoms with Gasteiger partial charge in [-0.25, -0.2) is 0 Å². The molecular formula is C9H17ClN2O2. The number of carbonyl (C=O) groups excluding carboxylic acids is 2. The summed E-state index contributed by atoms with van der Waals surface area (Å²) in [5.74, 6) is 0.234. The number of unbranched alkanes of at least 4 members (excludes halogenated alkanes) is 1. The van der Waals surface area contributed by atoms with Crippen LogP contribution in [0.1, 0.15) is 32.1 Å². The van der Waals surface area contributed by atoms with E-state index in [1.54, 1.807) is 0 Å². The van der Waals surface area contributed by atoms with Crippen molar-refractivity contribution in [1.82, 2.24) is 5.32 Å². The molecule has 5 heteroatoms. The van der Waals surface area contributed by atoms with Gasteiger partial charge < -0.3 is 11.1 Å². The molecule has 0 rings (SSSR count). The molecule has 82 valence electrons. The Morgan fingerprint density at radius 3 is 2.43 bits per heavy atom. The number of nitrogens with two attached hydrogens (primary N) is 1. The highest BCUT2D eigenvalue weighted by Crippen LogP contribution is 1.94. The molecule has 0 saturated carbocycles. The Balaban J connectivity index is 3.19. The van der Waals surface area contributed by atoms with Gasteiger partial charge in [0.15, 0.2) is 0 Å². The Morgan fingerprint density at radius 1 is 1.14 bits per heavy atom. The number of hydrogen-bond acceptors (Lipinski definition) is 2. The van der Waals surface area contributed by atoms with Crippen molar-refractivity contribution in [1.29, 1.82) is 0 Å². The minimum Gasteiger partial charge on any atom is -0.370 e. The molecule has 0 heterocycles. The van der Waals surface area contributed by atoms with Gasteiger partial charge in [0.1, 0.15) is 0 Å². The molecule has 0 aromatic carbocycles. The molecule has 14 heavy (non-hydrogen) atoms. The molecule has 0 unspecified atom stereocenters. The van der Waals surface area contributed by atoms with E-state index in [-0.39, 0.29) is 11.8 Å². The Labute approximate surface area is 89.2 Å². The number of amides is 2. The van der Waals surface area contributed by atoms with E-state index in [0.29, 0.717) is 31.7 Å². The van der Waals surface area contributed by atoms with Crippen LogP contribution in [0.5, 0.6) is 0 Å². The first-order valence-corrected chi connectivity index (χ1v) is 5.31. The van der Waals surface area contributed by atoms with Gasteiger partial charge in [0, 0.05) is 25.3 Å². The topological polar surface area (TPSA) is 72.2 Å². The monoisotopic (exact) mass is 220 g/mol. The van der Waals surface area contributed by atoms with Crippen molar-refractivity contribution in [2.24, 2.45) is 5.73 Å². The summed E-state index contributed by atoms with van der Waals surface area (Å²) < 4.78 is 0. The van der Waals surface area contributed by atoms with Crippen molar-refractivity contribution >= 4 is 23.4 Å². The van der Waals surface area contributed by atoms with Crippen molar-refractivity contribution in [2.75, 3.05) is 12.4 Å². The van der Waals surface area contributed by atoms with Crippen LogP contribution in [0.2, 0.25) is 0 Å². The zero-order valence-electron chi connectivity index (χ0n) is 8.22. The smallest absolute Gasteiger partial charge is 0.220 e. The lowest BCUT2D eigenvalue weighted by molar-refractivity contribution is -0.121. The number of primary amides is 1. The van der Waals surface area contributed by atoms with Gasteiger partial charge in [-0.05, 0) is 19.3 Å². The Kier molecular flexibility index (Phi) is 8.33. The van der Waals surface area contributed by atoms with E-state index in [1.165, 1.54) is 0 Å². The maximum absolute atomic E-state index is 11.0. The summed E-state index contributed by atoms with van der Waals surface area (Å²) in [7, 11) is 0. The largest absolute Gasteiger partial charge is 0.370 e. The van der Waals surface area contributed by atoms with Gasteiger partial charge in [-0.3, -0.25) is 9.59 Å². The molecule has 0 saturated heterocycles. The minimum atomic E-state index is -0.293. The van der Waals surface area contributed by atoms with Crippen LogP contribution in [0, 0.1) is 0 Å². The summed E-state index contributed by atoms with van der Waals surface area (Å²) in [6, 6.07) is 0. The van der Waals surface area contributed by atoms with Crippen LogP contribution in [0.3, 0.4) is 0 Å². The van der Waals surface area contributed by atoms with Gasteiger partial charge >= 0.3 is 0 Å². The lowest BCUT2D eigenvalue weighted by atomic mass is 10.2. The van der Waals surface area contributed by atoms with Gasteiger partial charge in [-0.2, -0.15) is 0 Å². The SMILES string of the molecule is NC(=O)CCCCNC(=O)CCCCl. The summed E-state index contributed by atoms with van der Waals surface area (Å²) in [5, 5.41) is 2.74. The first kappa shape index (κ1) is 13.2. The number of alkyl halides is 1. The molecule has 2 amide bonds. The van der Waals surface area contributed by atoms with Crippen LogP contribution in [-0.2, 0) is 9.59 Å². The molecule has 0 aliphatic rings. The van der Waals surface area contributed by atoms with Crippen LogP contribution in [0.4, 0.5) is 0 Å². The van der Waals surface area contributed by atoms with Crippen molar-refractivity contribution in [3.8, 4) is 0 Å². The average molecular weight is 221 g/mol. The van der Waals surface area contributed by atoms with Gasteiger partial charge in [0.2, 0.25) is 11.8 Å². The average Bonchev–Trinajstić information content (AvgIpc) is 2.13. The Morgan fingerprint density at radius 2 is 1.86 bits per heavy atom. The van der Waals surface area contributed by atoms with E-state index in [1.807, 2.05) is 0 Å². The maximum Gasteiger partial charge on any atom is 0.220 e. The fraction of sp³-hybridized carbons (Fsp3) is 0.778. The Hall–Kier alpha value is -0.770. The molecule has 0 spiro atoms. The molecule has 3 N–H and O–H groups in total. The third kappa shape index (κ3) is 9.32. The standard InChI is InChI=1S/C9H17ClN2O2/c10-6-3-5-9(14)12-7-2-1-4-8(11)13/h1-7H2,(H2,11,13)(H,12,14). The summed E-state index contributed by atoms with van der Waals surface area (Å²) in [4.78, 5) is 21.4. The van der Waals surface area contributed by atoms with E-state index >= 15 is 0 Å². The van der Waals surface area contributed by atoms with Crippen molar-refractivity contribution in [2.45, 2.75) is 32.1 Å². The van der Waals surface area contributed by atoms with Crippen LogP contribution >= 0.6 is 11.6 Å². The van der Waals surface area contributed by atoms with E-state index in [2.05, 4.69) is 5.32 Å². The number of nitrogens with one attached hydrogen (secondary N) is 1. The van der Waals surface area contributed by atoms with Crippen LogP contribution in [-0.4, -0.2) is 24.2 Å². The highest BCUT2D eigenvalue weighted by Gasteiger charge is 1.99. The van der Waals surface area contributed by atoms with Crippen LogP contribution < -0.4 is 11.1 Å². The van der Waals surface area contributed by atoms with E-state index in [0.717, 1.165) is 12.8 Å². The summed E-state index contributed by atoms with van der Waals surface area (Å²) in [6.07, 6.45) is 3.08. The number of carbonyl (C=O) groups is 2. The van der Waals surface area contributed by atoms with Gasteiger partial charge in [0.25, 0.3) is 0 Å². The molecule has 0 aliphatic carbocycles. The second-order valence-corrected chi connectivity index (χ2v) is 3.44. The summed E-state index contributed by atoms with van der Waals surface area (Å²) in [6.45, 7) is 0.606. The summed E-state index contributed by atoms with van der Waals surface area (Å²) >= 11 is 5.43. The highest BCUT2D eigenvalue weighted by molar-refractivity contribution is 6.17. The molecule has 0 atom stereocenters. The lowest BCUT2D eigenvalue weighted by Crippen LogP contribution is -2.24. The number of hydrogen-bond donors (Lipinski definition) is 2. The fourth-order valence-electron chi connectivity index (χ4n) is 0.968. The molecule has 0 radical (unpaired) electrons. The second-order valence-electron chi connectivity index (χ2n) is 3.07. The lowest BCUT2D eigenvalue weighted by Gasteiger charge is -2.03. The van der Waals surface area contributed by atoms with E-state index < -0.39 is 0 Å². The van der Waals surface area contributed by atoms with Gasteiger partial charge in [-0.1, -0.05) is 0 Å². The molecular weight excluding hydrogens is 204 g/mol. The third-order valence-electron chi connectivity index (χ3n) is 1.71. The molecule has 4 nitrogen and oxygen atoms in total. The van der Waals surface area contributed by atoms with Gasteiger partial charge in [-0.15, -0.1) is 11.6 Å². The minimum absolute atomic E-state index is 0.0183. The van der Waals surface area contributed by atoms with E-state index in [4.69, 9.17) is 17.3 Å². The van der Waals surface area contributed by atoms with Crippen molar-refractivity contribution < 1.29 is 9.59 Å². The highest BCUT2D eigenvalue weighted by atomic mass is 35.5. The quantitative estimate of drug-likeness (QED) is 0.469. The molecule has 0 aromatic rings. The first-order valence-electron chi connectivity index (χ1n) is 4.77. The normalized spacial score (nSPS) is 9.79. The molecule has 0 aliphatic heterocycles. The fourth-order valence-corrected chi connectivity index (χ4v) is 1.10. The van der Waals surface area contributed by atoms with Crippen LogP contribution in [0.15, 0.2) is 0 Å². The number of halogens is 1. The zero-order chi connectivity index (χ0) is 10.8.